The number of nitrogens with one attached hydrogen (secondary N) is 1. The van der Waals surface area contributed by atoms with Gasteiger partial charge in [0.15, 0.2) is 0 Å². The van der Waals surface area contributed by atoms with Crippen molar-refractivity contribution in [2.45, 2.75) is 46.7 Å². The first kappa shape index (κ1) is 32.7. The van der Waals surface area contributed by atoms with E-state index in [1.165, 1.54) is 22.1 Å². The number of carbonyl (C=O) groups excluding carboxylic acids is 3. The average molecular weight is 546 g/mol. The molecule has 2 amide bonds. The van der Waals surface area contributed by atoms with Gasteiger partial charge in [0, 0.05) is 44.0 Å². The Hall–Kier alpha value is -3.36. The minimum Gasteiger partial charge on any atom is -0.491 e. The van der Waals surface area contributed by atoms with E-state index in [2.05, 4.69) is 5.32 Å². The lowest BCUT2D eigenvalue weighted by Crippen LogP contribution is -2.29. The van der Waals surface area contributed by atoms with Crippen molar-refractivity contribution in [1.29, 1.82) is 0 Å². The minimum atomic E-state index is -0.264. The maximum atomic E-state index is 12.1. The van der Waals surface area contributed by atoms with Crippen LogP contribution < -0.4 is 10.1 Å². The standard InChI is InChI=1S/C27H34ClN3O5.C2H6/c1-5-35-27(34)17-24(22-7-9-23(28)10-8-22)29-18-21-6-11-25(20(2)16-21)36-15-14-31(4)26(33)12-13-30(3)19-32;1-2/h6-13,16,19,24,29H,5,14-15,17-18H2,1-4H3;1-2H3/b13-12-;. The Balaban J connectivity index is 0.00000352. The summed E-state index contributed by atoms with van der Waals surface area (Å²) in [6.45, 7) is 9.36. The van der Waals surface area contributed by atoms with Gasteiger partial charge in [-0.15, -0.1) is 0 Å². The summed E-state index contributed by atoms with van der Waals surface area (Å²) >= 11 is 6.02. The molecule has 1 unspecified atom stereocenters. The molecule has 2 aromatic carbocycles. The molecule has 1 atom stereocenters. The number of benzene rings is 2. The molecule has 0 radical (unpaired) electrons. The predicted molar refractivity (Wildman–Crippen MR) is 151 cm³/mol. The summed E-state index contributed by atoms with van der Waals surface area (Å²) in [5.74, 6) is 0.250. The van der Waals surface area contributed by atoms with Gasteiger partial charge in [0.05, 0.1) is 19.6 Å². The minimum absolute atomic E-state index is 0.211. The number of likely N-dealkylation sites (N-methyl/N-ethyl adjacent to an activating group) is 1. The molecule has 0 aliphatic carbocycles. The van der Waals surface area contributed by atoms with E-state index in [1.54, 1.807) is 33.2 Å². The van der Waals surface area contributed by atoms with Gasteiger partial charge >= 0.3 is 5.97 Å². The third-order valence-electron chi connectivity index (χ3n) is 5.42. The van der Waals surface area contributed by atoms with Crippen molar-refractivity contribution in [2.75, 3.05) is 33.9 Å². The monoisotopic (exact) mass is 545 g/mol. The normalized spacial score (nSPS) is 11.2. The van der Waals surface area contributed by atoms with Crippen LogP contribution in [-0.4, -0.2) is 61.9 Å². The number of hydrogen-bond acceptors (Lipinski definition) is 6. The molecule has 8 nitrogen and oxygen atoms in total. The molecule has 0 saturated heterocycles. The summed E-state index contributed by atoms with van der Waals surface area (Å²) in [7, 11) is 3.23. The first-order valence-electron chi connectivity index (χ1n) is 12.7. The van der Waals surface area contributed by atoms with E-state index in [-0.39, 0.29) is 24.3 Å². The molecule has 0 spiro atoms. The SMILES string of the molecule is CC.CCOC(=O)CC(NCc1ccc(OCCN(C)C(=O)/C=C\N(C)C=O)c(C)c1)c1ccc(Cl)cc1. The molecule has 38 heavy (non-hydrogen) atoms. The molecule has 0 fully saturated rings. The van der Waals surface area contributed by atoms with Gasteiger partial charge in [0.25, 0.3) is 0 Å². The van der Waals surface area contributed by atoms with E-state index in [0.717, 1.165) is 22.4 Å². The van der Waals surface area contributed by atoms with Gasteiger partial charge in [-0.25, -0.2) is 0 Å². The zero-order chi connectivity index (χ0) is 28.5. The number of nitrogens with zero attached hydrogens (tertiary/aromatic N) is 2. The fourth-order valence-electron chi connectivity index (χ4n) is 3.36. The Morgan fingerprint density at radius 3 is 2.39 bits per heavy atom. The summed E-state index contributed by atoms with van der Waals surface area (Å²) in [5.41, 5.74) is 2.96. The number of carbonyl (C=O) groups is 3. The zero-order valence-electron chi connectivity index (χ0n) is 23.2. The van der Waals surface area contributed by atoms with Gasteiger partial charge in [-0.3, -0.25) is 14.4 Å². The molecule has 2 rings (SSSR count). The summed E-state index contributed by atoms with van der Waals surface area (Å²) in [6, 6.07) is 13.1. The van der Waals surface area contributed by atoms with E-state index >= 15 is 0 Å². The molecule has 0 heterocycles. The summed E-state index contributed by atoms with van der Waals surface area (Å²) in [6.07, 6.45) is 3.57. The van der Waals surface area contributed by atoms with Crippen LogP contribution in [0.2, 0.25) is 5.02 Å². The van der Waals surface area contributed by atoms with E-state index in [9.17, 15) is 14.4 Å². The highest BCUT2D eigenvalue weighted by molar-refractivity contribution is 6.30. The Labute approximate surface area is 231 Å². The molecular weight excluding hydrogens is 506 g/mol. The largest absolute Gasteiger partial charge is 0.491 e. The Morgan fingerprint density at radius 1 is 1.11 bits per heavy atom. The summed E-state index contributed by atoms with van der Waals surface area (Å²) < 4.78 is 11.0. The fraction of sp³-hybridized carbons (Fsp3) is 0.414. The van der Waals surface area contributed by atoms with Gasteiger partial charge in [-0.05, 0) is 48.7 Å². The van der Waals surface area contributed by atoms with Crippen LogP contribution in [0.4, 0.5) is 0 Å². The van der Waals surface area contributed by atoms with Gasteiger partial charge < -0.3 is 24.6 Å². The second kappa shape index (κ2) is 18.0. The number of ether oxygens (including phenoxy) is 2. The number of hydrogen-bond donors (Lipinski definition) is 1. The third-order valence-corrected chi connectivity index (χ3v) is 5.67. The molecule has 1 N–H and O–H groups in total. The number of rotatable bonds is 14. The third kappa shape index (κ3) is 11.8. The highest BCUT2D eigenvalue weighted by Gasteiger charge is 2.17. The molecular formula is C29H40ClN3O5. The highest BCUT2D eigenvalue weighted by Crippen LogP contribution is 2.23. The van der Waals surface area contributed by atoms with Crippen LogP contribution in [0.1, 0.15) is 49.9 Å². The fourth-order valence-corrected chi connectivity index (χ4v) is 3.49. The number of aryl methyl sites for hydroxylation is 1. The summed E-state index contributed by atoms with van der Waals surface area (Å²) in [5, 5.41) is 4.08. The highest BCUT2D eigenvalue weighted by atomic mass is 35.5. The van der Waals surface area contributed by atoms with Gasteiger partial charge in [0.2, 0.25) is 12.3 Å². The van der Waals surface area contributed by atoms with E-state index in [0.29, 0.717) is 37.7 Å². The quantitative estimate of drug-likeness (QED) is 0.206. The van der Waals surface area contributed by atoms with E-state index in [1.807, 2.05) is 51.1 Å². The Kier molecular flexibility index (Phi) is 15.5. The maximum absolute atomic E-state index is 12.1. The van der Waals surface area contributed by atoms with Crippen molar-refractivity contribution in [3.8, 4) is 5.75 Å². The molecule has 0 aliphatic rings. The lowest BCUT2D eigenvalue weighted by Gasteiger charge is -2.20. The molecule has 0 saturated carbocycles. The van der Waals surface area contributed by atoms with Crippen LogP contribution in [0.3, 0.4) is 0 Å². The Bertz CT molecular complexity index is 1040. The second-order valence-corrected chi connectivity index (χ2v) is 8.73. The van der Waals surface area contributed by atoms with Crippen LogP contribution in [-0.2, 0) is 25.7 Å². The number of amides is 2. The average Bonchev–Trinajstić information content (AvgIpc) is 2.92. The van der Waals surface area contributed by atoms with Gasteiger partial charge in [0.1, 0.15) is 12.4 Å². The zero-order valence-corrected chi connectivity index (χ0v) is 24.0. The van der Waals surface area contributed by atoms with Crippen molar-refractivity contribution in [1.82, 2.24) is 15.1 Å². The van der Waals surface area contributed by atoms with Crippen LogP contribution in [0.5, 0.6) is 5.75 Å². The van der Waals surface area contributed by atoms with Crippen LogP contribution in [0.15, 0.2) is 54.7 Å². The van der Waals surface area contributed by atoms with E-state index in [4.69, 9.17) is 21.1 Å². The number of halogens is 1. The first-order chi connectivity index (χ1) is 18.2. The lowest BCUT2D eigenvalue weighted by molar-refractivity contribution is -0.143. The van der Waals surface area contributed by atoms with E-state index < -0.39 is 0 Å². The lowest BCUT2D eigenvalue weighted by atomic mass is 10.0. The molecule has 0 bridgehead atoms. The van der Waals surface area contributed by atoms with Crippen molar-refractivity contribution >= 4 is 29.9 Å². The van der Waals surface area contributed by atoms with Crippen LogP contribution in [0.25, 0.3) is 0 Å². The molecule has 0 aliphatic heterocycles. The van der Waals surface area contributed by atoms with Crippen LogP contribution >= 0.6 is 11.6 Å². The molecule has 208 valence electrons. The second-order valence-electron chi connectivity index (χ2n) is 8.29. The first-order valence-corrected chi connectivity index (χ1v) is 13.1. The van der Waals surface area contributed by atoms with Crippen molar-refractivity contribution < 1.29 is 23.9 Å². The van der Waals surface area contributed by atoms with Gasteiger partial charge in [-0.2, -0.15) is 0 Å². The smallest absolute Gasteiger partial charge is 0.307 e. The van der Waals surface area contributed by atoms with Crippen molar-refractivity contribution in [2.24, 2.45) is 0 Å². The molecule has 9 heteroatoms. The van der Waals surface area contributed by atoms with Crippen molar-refractivity contribution in [3.05, 3.63) is 76.5 Å². The van der Waals surface area contributed by atoms with Crippen LogP contribution in [0, 0.1) is 6.92 Å². The summed E-state index contributed by atoms with van der Waals surface area (Å²) in [4.78, 5) is 37.6. The predicted octanol–water partition coefficient (Wildman–Crippen LogP) is 4.90. The molecule has 0 aromatic heterocycles. The Morgan fingerprint density at radius 2 is 1.79 bits per heavy atom. The number of esters is 1. The topological polar surface area (TPSA) is 88.2 Å². The maximum Gasteiger partial charge on any atom is 0.307 e. The van der Waals surface area contributed by atoms with Gasteiger partial charge in [-0.1, -0.05) is 49.7 Å². The van der Waals surface area contributed by atoms with Crippen molar-refractivity contribution in [3.63, 3.8) is 0 Å². The molecule has 2 aromatic rings.